The van der Waals surface area contributed by atoms with Crippen molar-refractivity contribution in [2.45, 2.75) is 45.3 Å². The molecule has 0 bridgehead atoms. The summed E-state index contributed by atoms with van der Waals surface area (Å²) in [6.07, 6.45) is 1.08. The van der Waals surface area contributed by atoms with Crippen molar-refractivity contribution in [1.29, 1.82) is 0 Å². The van der Waals surface area contributed by atoms with Gasteiger partial charge in [0, 0.05) is 12.0 Å². The molecule has 0 radical (unpaired) electrons. The molecule has 0 heterocycles. The number of rotatable bonds is 8. The maximum absolute atomic E-state index is 13.5. The van der Waals surface area contributed by atoms with E-state index in [0.29, 0.717) is 6.42 Å². The Kier molecular flexibility index (Phi) is 6.36. The zero-order chi connectivity index (χ0) is 15.2. The van der Waals surface area contributed by atoms with E-state index in [4.69, 9.17) is 4.74 Å². The normalized spacial score (nSPS) is 15.7. The minimum Gasteiger partial charge on any atom is -0.487 e. The van der Waals surface area contributed by atoms with Crippen molar-refractivity contribution >= 4 is 0 Å². The maximum Gasteiger partial charge on any atom is 0.200 e. The predicted molar refractivity (Wildman–Crippen MR) is 74.8 cm³/mol. The summed E-state index contributed by atoms with van der Waals surface area (Å²) in [5.74, 6) is -2.01. The minimum atomic E-state index is -0.980. The number of hydrogen-bond acceptors (Lipinski definition) is 3. The standard InChI is InChI=1S/C15H23F2NO2/c1-4-8-18-15(3,10-19)9-11(2)20-13-7-5-6-12(16)14(13)17/h5-7,11,18-19H,4,8-10H2,1-3H3. The van der Waals surface area contributed by atoms with E-state index in [0.717, 1.165) is 19.0 Å². The number of nitrogens with one attached hydrogen (secondary N) is 1. The summed E-state index contributed by atoms with van der Waals surface area (Å²) in [6, 6.07) is 3.85. The molecule has 1 aromatic rings. The molecule has 0 amide bonds. The van der Waals surface area contributed by atoms with Gasteiger partial charge in [-0.2, -0.15) is 4.39 Å². The number of aliphatic hydroxyl groups excluding tert-OH is 1. The second-order valence-corrected chi connectivity index (χ2v) is 5.33. The van der Waals surface area contributed by atoms with Crippen LogP contribution in [0, 0.1) is 11.6 Å². The van der Waals surface area contributed by atoms with Gasteiger partial charge in [-0.1, -0.05) is 13.0 Å². The van der Waals surface area contributed by atoms with Gasteiger partial charge in [0.2, 0.25) is 5.82 Å². The highest BCUT2D eigenvalue weighted by atomic mass is 19.2. The highest BCUT2D eigenvalue weighted by Crippen LogP contribution is 2.23. The number of ether oxygens (including phenoxy) is 1. The van der Waals surface area contributed by atoms with E-state index in [1.165, 1.54) is 12.1 Å². The van der Waals surface area contributed by atoms with Crippen molar-refractivity contribution in [3.63, 3.8) is 0 Å². The fraction of sp³-hybridized carbons (Fsp3) is 0.600. The predicted octanol–water partition coefficient (Wildman–Crippen LogP) is 2.87. The second-order valence-electron chi connectivity index (χ2n) is 5.33. The van der Waals surface area contributed by atoms with Gasteiger partial charge < -0.3 is 15.2 Å². The molecule has 0 saturated carbocycles. The molecule has 0 aliphatic rings. The Morgan fingerprint density at radius 2 is 2.10 bits per heavy atom. The Hall–Kier alpha value is -1.20. The van der Waals surface area contributed by atoms with Gasteiger partial charge >= 0.3 is 0 Å². The molecule has 0 aliphatic heterocycles. The molecular formula is C15H23F2NO2. The average molecular weight is 287 g/mol. The van der Waals surface area contributed by atoms with Gasteiger partial charge in [0.05, 0.1) is 12.7 Å². The zero-order valence-corrected chi connectivity index (χ0v) is 12.2. The molecule has 0 aromatic heterocycles. The Bertz CT molecular complexity index is 428. The average Bonchev–Trinajstić information content (AvgIpc) is 2.41. The first-order chi connectivity index (χ1) is 9.41. The fourth-order valence-corrected chi connectivity index (χ4v) is 2.09. The summed E-state index contributed by atoms with van der Waals surface area (Å²) in [6.45, 7) is 6.41. The van der Waals surface area contributed by atoms with Crippen LogP contribution in [0.25, 0.3) is 0 Å². The molecule has 114 valence electrons. The van der Waals surface area contributed by atoms with Crippen molar-refractivity contribution in [1.82, 2.24) is 5.32 Å². The first-order valence-electron chi connectivity index (χ1n) is 6.88. The van der Waals surface area contributed by atoms with Crippen LogP contribution >= 0.6 is 0 Å². The van der Waals surface area contributed by atoms with E-state index in [2.05, 4.69) is 5.32 Å². The Morgan fingerprint density at radius 3 is 2.70 bits per heavy atom. The summed E-state index contributed by atoms with van der Waals surface area (Å²) in [7, 11) is 0. The Labute approximate surface area is 119 Å². The van der Waals surface area contributed by atoms with E-state index in [9.17, 15) is 13.9 Å². The highest BCUT2D eigenvalue weighted by molar-refractivity contribution is 5.25. The van der Waals surface area contributed by atoms with Gasteiger partial charge in [0.25, 0.3) is 0 Å². The van der Waals surface area contributed by atoms with Crippen LogP contribution in [-0.2, 0) is 0 Å². The number of benzene rings is 1. The van der Waals surface area contributed by atoms with Crippen LogP contribution in [0.1, 0.15) is 33.6 Å². The quantitative estimate of drug-likeness (QED) is 0.772. The van der Waals surface area contributed by atoms with Gasteiger partial charge in [0.1, 0.15) is 0 Å². The molecule has 0 spiro atoms. The van der Waals surface area contributed by atoms with Crippen LogP contribution in [0.5, 0.6) is 5.75 Å². The van der Waals surface area contributed by atoms with E-state index < -0.39 is 17.2 Å². The number of halogens is 2. The molecule has 5 heteroatoms. The first kappa shape index (κ1) is 16.9. The highest BCUT2D eigenvalue weighted by Gasteiger charge is 2.26. The molecule has 0 fully saturated rings. The third-order valence-electron chi connectivity index (χ3n) is 3.13. The zero-order valence-electron chi connectivity index (χ0n) is 12.2. The largest absolute Gasteiger partial charge is 0.487 e. The molecular weight excluding hydrogens is 264 g/mol. The lowest BCUT2D eigenvalue weighted by atomic mass is 9.95. The molecule has 1 rings (SSSR count). The van der Waals surface area contributed by atoms with Crippen molar-refractivity contribution in [3.8, 4) is 5.75 Å². The smallest absolute Gasteiger partial charge is 0.200 e. The van der Waals surface area contributed by atoms with Crippen LogP contribution in [0.4, 0.5) is 8.78 Å². The van der Waals surface area contributed by atoms with Gasteiger partial charge in [-0.05, 0) is 38.9 Å². The van der Waals surface area contributed by atoms with Crippen molar-refractivity contribution in [3.05, 3.63) is 29.8 Å². The van der Waals surface area contributed by atoms with Crippen LogP contribution in [0.2, 0.25) is 0 Å². The van der Waals surface area contributed by atoms with Crippen LogP contribution in [0.3, 0.4) is 0 Å². The van der Waals surface area contributed by atoms with Crippen LogP contribution in [0.15, 0.2) is 18.2 Å². The van der Waals surface area contributed by atoms with Gasteiger partial charge in [-0.3, -0.25) is 0 Å². The van der Waals surface area contributed by atoms with Gasteiger partial charge in [-0.25, -0.2) is 4.39 Å². The number of hydrogen-bond donors (Lipinski definition) is 2. The van der Waals surface area contributed by atoms with Gasteiger partial charge in [0.15, 0.2) is 11.6 Å². The number of aliphatic hydroxyl groups is 1. The molecule has 20 heavy (non-hydrogen) atoms. The summed E-state index contributed by atoms with van der Waals surface area (Å²) in [4.78, 5) is 0. The maximum atomic E-state index is 13.5. The van der Waals surface area contributed by atoms with Crippen molar-refractivity contribution in [2.24, 2.45) is 0 Å². The molecule has 1 aromatic carbocycles. The van der Waals surface area contributed by atoms with E-state index in [1.54, 1.807) is 6.92 Å². The minimum absolute atomic E-state index is 0.0493. The lowest BCUT2D eigenvalue weighted by Gasteiger charge is -2.31. The molecule has 0 aliphatic carbocycles. The van der Waals surface area contributed by atoms with E-state index in [-0.39, 0.29) is 18.5 Å². The summed E-state index contributed by atoms with van der Waals surface area (Å²) in [5.41, 5.74) is -0.501. The lowest BCUT2D eigenvalue weighted by molar-refractivity contribution is 0.107. The van der Waals surface area contributed by atoms with Crippen molar-refractivity contribution < 1.29 is 18.6 Å². The topological polar surface area (TPSA) is 41.5 Å². The third kappa shape index (κ3) is 4.72. The monoisotopic (exact) mass is 287 g/mol. The molecule has 2 unspecified atom stereocenters. The molecule has 3 nitrogen and oxygen atoms in total. The molecule has 0 saturated heterocycles. The lowest BCUT2D eigenvalue weighted by Crippen LogP contribution is -2.48. The van der Waals surface area contributed by atoms with Crippen LogP contribution < -0.4 is 10.1 Å². The molecule has 2 N–H and O–H groups in total. The fourth-order valence-electron chi connectivity index (χ4n) is 2.09. The Morgan fingerprint density at radius 1 is 1.40 bits per heavy atom. The van der Waals surface area contributed by atoms with E-state index in [1.807, 2.05) is 13.8 Å². The second kappa shape index (κ2) is 7.55. The third-order valence-corrected chi connectivity index (χ3v) is 3.13. The van der Waals surface area contributed by atoms with Gasteiger partial charge in [-0.15, -0.1) is 0 Å². The SMILES string of the molecule is CCCNC(C)(CO)CC(C)Oc1cccc(F)c1F. The Balaban J connectivity index is 2.66. The molecule has 2 atom stereocenters. The van der Waals surface area contributed by atoms with Crippen LogP contribution in [-0.4, -0.2) is 29.9 Å². The first-order valence-corrected chi connectivity index (χ1v) is 6.88. The van der Waals surface area contributed by atoms with Crippen molar-refractivity contribution in [2.75, 3.05) is 13.2 Å². The summed E-state index contributed by atoms with van der Waals surface area (Å²) < 4.78 is 32.0. The van der Waals surface area contributed by atoms with E-state index >= 15 is 0 Å². The summed E-state index contributed by atoms with van der Waals surface area (Å²) >= 11 is 0. The summed E-state index contributed by atoms with van der Waals surface area (Å²) in [5, 5.41) is 12.7.